The molecule has 0 aliphatic heterocycles. The maximum atomic E-state index is 12.2. The van der Waals surface area contributed by atoms with Crippen molar-refractivity contribution in [1.82, 2.24) is 25.3 Å². The van der Waals surface area contributed by atoms with E-state index in [0.29, 0.717) is 0 Å². The number of benzene rings is 1. The summed E-state index contributed by atoms with van der Waals surface area (Å²) in [6.07, 6.45) is 1.22. The number of thiazole rings is 1. The number of rotatable bonds is 6. The standard InChI is InChI=1S/C18H19N5O3S/c1-10-4-6-13(7-5-10)17-20-12(3)16(27-17)11(2)19-15(24)9-23-8-14(18(25)26)21-22-23/h4-8,11H,9H2,1-3H3,(H,19,24)(H,25,26). The fourth-order valence-corrected chi connectivity index (χ4v) is 3.68. The summed E-state index contributed by atoms with van der Waals surface area (Å²) in [6.45, 7) is 5.74. The van der Waals surface area contributed by atoms with E-state index in [1.54, 1.807) is 11.3 Å². The number of aryl methyl sites for hydroxylation is 2. The van der Waals surface area contributed by atoms with Gasteiger partial charge in [0.15, 0.2) is 5.69 Å². The van der Waals surface area contributed by atoms with Crippen molar-refractivity contribution in [2.75, 3.05) is 0 Å². The number of hydrogen-bond donors (Lipinski definition) is 2. The molecule has 0 spiro atoms. The van der Waals surface area contributed by atoms with Crippen LogP contribution in [0.5, 0.6) is 0 Å². The van der Waals surface area contributed by atoms with Crippen molar-refractivity contribution in [1.29, 1.82) is 0 Å². The Morgan fingerprint density at radius 1 is 1.26 bits per heavy atom. The minimum Gasteiger partial charge on any atom is -0.476 e. The number of carboxylic acids is 1. The van der Waals surface area contributed by atoms with Crippen LogP contribution in [0.25, 0.3) is 10.6 Å². The minimum atomic E-state index is -1.18. The topological polar surface area (TPSA) is 110 Å². The lowest BCUT2D eigenvalue weighted by atomic mass is 10.2. The smallest absolute Gasteiger partial charge is 0.358 e. The van der Waals surface area contributed by atoms with Crippen LogP contribution in [0.2, 0.25) is 0 Å². The molecule has 27 heavy (non-hydrogen) atoms. The Morgan fingerprint density at radius 2 is 1.96 bits per heavy atom. The molecular formula is C18H19N5O3S. The molecule has 2 aromatic heterocycles. The molecule has 140 valence electrons. The largest absolute Gasteiger partial charge is 0.476 e. The van der Waals surface area contributed by atoms with Crippen LogP contribution in [-0.2, 0) is 11.3 Å². The number of carboxylic acid groups (broad SMARTS) is 1. The molecule has 0 fully saturated rings. The van der Waals surface area contributed by atoms with Gasteiger partial charge in [0.2, 0.25) is 5.91 Å². The summed E-state index contributed by atoms with van der Waals surface area (Å²) in [5.41, 5.74) is 2.91. The summed E-state index contributed by atoms with van der Waals surface area (Å²) in [4.78, 5) is 28.6. The highest BCUT2D eigenvalue weighted by molar-refractivity contribution is 7.15. The normalized spacial score (nSPS) is 12.0. The van der Waals surface area contributed by atoms with E-state index in [1.807, 2.05) is 45.0 Å². The maximum Gasteiger partial charge on any atom is 0.358 e. The van der Waals surface area contributed by atoms with E-state index in [9.17, 15) is 9.59 Å². The average molecular weight is 385 g/mol. The van der Waals surface area contributed by atoms with Gasteiger partial charge in [0.05, 0.1) is 22.8 Å². The maximum absolute atomic E-state index is 12.2. The van der Waals surface area contributed by atoms with Crippen LogP contribution in [-0.4, -0.2) is 37.0 Å². The third kappa shape index (κ3) is 4.37. The molecule has 0 radical (unpaired) electrons. The predicted octanol–water partition coefficient (Wildman–Crippen LogP) is 2.59. The zero-order chi connectivity index (χ0) is 19.6. The molecule has 3 rings (SSSR count). The second kappa shape index (κ2) is 7.67. The summed E-state index contributed by atoms with van der Waals surface area (Å²) in [7, 11) is 0. The van der Waals surface area contributed by atoms with Gasteiger partial charge in [0.1, 0.15) is 11.6 Å². The van der Waals surface area contributed by atoms with Crippen LogP contribution < -0.4 is 5.32 Å². The number of nitrogens with zero attached hydrogens (tertiary/aromatic N) is 4. The highest BCUT2D eigenvalue weighted by atomic mass is 32.1. The van der Waals surface area contributed by atoms with E-state index in [2.05, 4.69) is 20.6 Å². The van der Waals surface area contributed by atoms with Crippen molar-refractivity contribution in [2.45, 2.75) is 33.4 Å². The van der Waals surface area contributed by atoms with Gasteiger partial charge in [0, 0.05) is 5.56 Å². The lowest BCUT2D eigenvalue weighted by molar-refractivity contribution is -0.122. The van der Waals surface area contributed by atoms with Crippen molar-refractivity contribution in [3.63, 3.8) is 0 Å². The molecule has 0 saturated heterocycles. The van der Waals surface area contributed by atoms with Gasteiger partial charge in [-0.15, -0.1) is 16.4 Å². The molecule has 1 unspecified atom stereocenters. The van der Waals surface area contributed by atoms with Crippen molar-refractivity contribution in [2.24, 2.45) is 0 Å². The lowest BCUT2D eigenvalue weighted by Crippen LogP contribution is -2.30. The van der Waals surface area contributed by atoms with Crippen LogP contribution in [0.1, 0.15) is 39.6 Å². The number of nitrogens with one attached hydrogen (secondary N) is 1. The fourth-order valence-electron chi connectivity index (χ4n) is 2.60. The van der Waals surface area contributed by atoms with Crippen molar-refractivity contribution < 1.29 is 14.7 Å². The van der Waals surface area contributed by atoms with E-state index in [1.165, 1.54) is 16.4 Å². The van der Waals surface area contributed by atoms with Crippen LogP contribution in [0, 0.1) is 13.8 Å². The first-order chi connectivity index (χ1) is 12.8. The number of carbonyl (C=O) groups is 2. The molecule has 9 heteroatoms. The Bertz CT molecular complexity index is 977. The van der Waals surface area contributed by atoms with E-state index < -0.39 is 5.97 Å². The van der Waals surface area contributed by atoms with Crippen LogP contribution >= 0.6 is 11.3 Å². The molecule has 0 bridgehead atoms. The van der Waals surface area contributed by atoms with Gasteiger partial charge in [-0.3, -0.25) is 4.79 Å². The monoisotopic (exact) mass is 385 g/mol. The molecule has 1 atom stereocenters. The predicted molar refractivity (Wildman–Crippen MR) is 101 cm³/mol. The van der Waals surface area contributed by atoms with Crippen LogP contribution in [0.15, 0.2) is 30.5 Å². The molecule has 0 saturated carbocycles. The number of aromatic nitrogens is 4. The van der Waals surface area contributed by atoms with Gasteiger partial charge in [-0.25, -0.2) is 14.5 Å². The Labute approximate surface area is 159 Å². The van der Waals surface area contributed by atoms with E-state index >= 15 is 0 Å². The number of aromatic carboxylic acids is 1. The number of carbonyl (C=O) groups excluding carboxylic acids is 1. The fraction of sp³-hybridized carbons (Fsp3) is 0.278. The Morgan fingerprint density at radius 3 is 2.59 bits per heavy atom. The van der Waals surface area contributed by atoms with Gasteiger partial charge in [-0.2, -0.15) is 0 Å². The third-order valence-corrected chi connectivity index (χ3v) is 5.35. The van der Waals surface area contributed by atoms with Crippen molar-refractivity contribution >= 4 is 23.2 Å². The quantitative estimate of drug-likeness (QED) is 0.675. The summed E-state index contributed by atoms with van der Waals surface area (Å²) in [5.74, 6) is -1.46. The Kier molecular flexibility index (Phi) is 5.31. The summed E-state index contributed by atoms with van der Waals surface area (Å²) >= 11 is 1.54. The Hall–Kier alpha value is -3.07. The van der Waals surface area contributed by atoms with Gasteiger partial charge >= 0.3 is 5.97 Å². The van der Waals surface area contributed by atoms with Gasteiger partial charge in [-0.1, -0.05) is 35.0 Å². The molecule has 1 aromatic carbocycles. The third-order valence-electron chi connectivity index (χ3n) is 3.97. The zero-order valence-electron chi connectivity index (χ0n) is 15.1. The van der Waals surface area contributed by atoms with Crippen LogP contribution in [0.3, 0.4) is 0 Å². The highest BCUT2D eigenvalue weighted by Gasteiger charge is 2.18. The molecule has 0 aliphatic carbocycles. The second-order valence-corrected chi connectivity index (χ2v) is 7.26. The number of amides is 1. The Balaban J connectivity index is 1.68. The molecule has 3 aromatic rings. The minimum absolute atomic E-state index is 0.104. The van der Waals surface area contributed by atoms with Crippen LogP contribution in [0.4, 0.5) is 0 Å². The lowest BCUT2D eigenvalue weighted by Gasteiger charge is -2.12. The highest BCUT2D eigenvalue weighted by Crippen LogP contribution is 2.31. The molecule has 0 aliphatic rings. The number of hydrogen-bond acceptors (Lipinski definition) is 6. The first-order valence-corrected chi connectivity index (χ1v) is 9.12. The molecular weight excluding hydrogens is 366 g/mol. The molecule has 2 heterocycles. The van der Waals surface area contributed by atoms with E-state index in [0.717, 1.165) is 21.1 Å². The second-order valence-electron chi connectivity index (χ2n) is 6.23. The summed E-state index contributed by atoms with van der Waals surface area (Å²) in [6, 6.07) is 7.93. The van der Waals surface area contributed by atoms with E-state index in [4.69, 9.17) is 5.11 Å². The van der Waals surface area contributed by atoms with Crippen molar-refractivity contribution in [3.05, 3.63) is 52.3 Å². The van der Waals surface area contributed by atoms with Gasteiger partial charge < -0.3 is 10.4 Å². The molecule has 1 amide bonds. The van der Waals surface area contributed by atoms with E-state index in [-0.39, 0.29) is 24.2 Å². The summed E-state index contributed by atoms with van der Waals surface area (Å²) in [5, 5.41) is 19.8. The zero-order valence-corrected chi connectivity index (χ0v) is 15.9. The van der Waals surface area contributed by atoms with Crippen molar-refractivity contribution in [3.8, 4) is 10.6 Å². The molecule has 8 nitrogen and oxygen atoms in total. The van der Waals surface area contributed by atoms with Gasteiger partial charge in [-0.05, 0) is 20.8 Å². The van der Waals surface area contributed by atoms with Gasteiger partial charge in [0.25, 0.3) is 0 Å². The molecule has 2 N–H and O–H groups in total. The first-order valence-electron chi connectivity index (χ1n) is 8.30. The SMILES string of the molecule is Cc1ccc(-c2nc(C)c(C(C)NC(=O)Cn3cc(C(=O)O)nn3)s2)cc1. The average Bonchev–Trinajstić information content (AvgIpc) is 3.22. The first kappa shape index (κ1) is 18.7. The summed E-state index contributed by atoms with van der Waals surface area (Å²) < 4.78 is 1.20.